The minimum Gasteiger partial charge on any atom is -0.497 e. The number of hydrogen-bond donors (Lipinski definition) is 0. The first-order valence-corrected chi connectivity index (χ1v) is 7.74. The molecule has 6 heteroatoms. The summed E-state index contributed by atoms with van der Waals surface area (Å²) in [4.78, 5) is 25.5. The van der Waals surface area contributed by atoms with Crippen molar-refractivity contribution >= 4 is 12.1 Å². The van der Waals surface area contributed by atoms with E-state index in [0.717, 1.165) is 11.3 Å². The van der Waals surface area contributed by atoms with Gasteiger partial charge in [0.25, 0.3) is 0 Å². The first kappa shape index (κ1) is 17.1. The van der Waals surface area contributed by atoms with E-state index in [1.54, 1.807) is 12.0 Å². The Morgan fingerprint density at radius 2 is 1.96 bits per heavy atom. The van der Waals surface area contributed by atoms with Crippen molar-refractivity contribution in [2.24, 2.45) is 5.92 Å². The SMILES string of the molecule is COc1ccc(COC(=O)N2CCC(C(=O)OC(C)C)C2)cc1. The lowest BCUT2D eigenvalue weighted by molar-refractivity contribution is -0.151. The van der Waals surface area contributed by atoms with E-state index in [4.69, 9.17) is 14.2 Å². The summed E-state index contributed by atoms with van der Waals surface area (Å²) in [5, 5.41) is 0. The van der Waals surface area contributed by atoms with E-state index < -0.39 is 6.09 Å². The third-order valence-corrected chi connectivity index (χ3v) is 3.65. The van der Waals surface area contributed by atoms with Crippen molar-refractivity contribution in [3.8, 4) is 5.75 Å². The summed E-state index contributed by atoms with van der Waals surface area (Å²) in [7, 11) is 1.60. The van der Waals surface area contributed by atoms with Gasteiger partial charge in [0.15, 0.2) is 0 Å². The summed E-state index contributed by atoms with van der Waals surface area (Å²) in [5.74, 6) is 0.252. The second-order valence-electron chi connectivity index (χ2n) is 5.82. The minimum absolute atomic E-state index is 0.140. The van der Waals surface area contributed by atoms with E-state index in [9.17, 15) is 9.59 Å². The van der Waals surface area contributed by atoms with Crippen LogP contribution in [0.25, 0.3) is 0 Å². The number of likely N-dealkylation sites (tertiary alicyclic amines) is 1. The lowest BCUT2D eigenvalue weighted by Gasteiger charge is -2.17. The van der Waals surface area contributed by atoms with Crippen LogP contribution in [0.5, 0.6) is 5.75 Å². The number of carbonyl (C=O) groups excluding carboxylic acids is 2. The Balaban J connectivity index is 1.79. The van der Waals surface area contributed by atoms with Gasteiger partial charge in [0.1, 0.15) is 12.4 Å². The summed E-state index contributed by atoms with van der Waals surface area (Å²) >= 11 is 0. The zero-order chi connectivity index (χ0) is 16.8. The zero-order valence-corrected chi connectivity index (χ0v) is 13.8. The highest BCUT2D eigenvalue weighted by atomic mass is 16.6. The molecule has 2 rings (SSSR count). The fraction of sp³-hybridized carbons (Fsp3) is 0.529. The number of ether oxygens (including phenoxy) is 3. The van der Waals surface area contributed by atoms with Crippen LogP contribution in [0.3, 0.4) is 0 Å². The maximum absolute atomic E-state index is 12.1. The van der Waals surface area contributed by atoms with Crippen LogP contribution in [0.15, 0.2) is 24.3 Å². The molecule has 1 fully saturated rings. The van der Waals surface area contributed by atoms with Gasteiger partial charge in [-0.05, 0) is 38.0 Å². The zero-order valence-electron chi connectivity index (χ0n) is 13.8. The molecule has 1 unspecified atom stereocenters. The van der Waals surface area contributed by atoms with E-state index in [1.807, 2.05) is 38.1 Å². The Hall–Kier alpha value is -2.24. The molecule has 1 amide bonds. The van der Waals surface area contributed by atoms with Crippen LogP contribution in [0, 0.1) is 5.92 Å². The first-order valence-electron chi connectivity index (χ1n) is 7.74. The third-order valence-electron chi connectivity index (χ3n) is 3.65. The second-order valence-corrected chi connectivity index (χ2v) is 5.82. The molecular weight excluding hydrogens is 298 g/mol. The predicted octanol–water partition coefficient (Wildman–Crippen LogP) is 2.61. The van der Waals surface area contributed by atoms with Gasteiger partial charge in [-0.25, -0.2) is 4.79 Å². The van der Waals surface area contributed by atoms with Gasteiger partial charge in [-0.15, -0.1) is 0 Å². The molecule has 0 spiro atoms. The minimum atomic E-state index is -0.402. The van der Waals surface area contributed by atoms with E-state index in [1.165, 1.54) is 0 Å². The molecule has 1 aliphatic heterocycles. The number of nitrogens with zero attached hydrogens (tertiary/aromatic N) is 1. The van der Waals surface area contributed by atoms with Crippen molar-refractivity contribution < 1.29 is 23.8 Å². The van der Waals surface area contributed by atoms with Crippen LogP contribution in [0.1, 0.15) is 25.8 Å². The van der Waals surface area contributed by atoms with Crippen molar-refractivity contribution in [3.05, 3.63) is 29.8 Å². The molecule has 1 atom stereocenters. The summed E-state index contributed by atoms with van der Waals surface area (Å²) in [6.07, 6.45) is 0.0719. The molecule has 1 aromatic carbocycles. The second kappa shape index (κ2) is 7.85. The van der Waals surface area contributed by atoms with Gasteiger partial charge in [-0.1, -0.05) is 12.1 Å². The molecular formula is C17H23NO5. The molecule has 1 heterocycles. The van der Waals surface area contributed by atoms with Gasteiger partial charge in [-0.2, -0.15) is 0 Å². The monoisotopic (exact) mass is 321 g/mol. The van der Waals surface area contributed by atoms with Crippen LogP contribution in [-0.2, 0) is 20.9 Å². The first-order chi connectivity index (χ1) is 11.0. The molecule has 126 valence electrons. The summed E-state index contributed by atoms with van der Waals surface area (Å²) < 4.78 is 15.6. The van der Waals surface area contributed by atoms with Gasteiger partial charge in [-0.3, -0.25) is 4.79 Å². The molecule has 0 bridgehead atoms. The Bertz CT molecular complexity index is 540. The van der Waals surface area contributed by atoms with Crippen LogP contribution < -0.4 is 4.74 Å². The Labute approximate surface area is 136 Å². The largest absolute Gasteiger partial charge is 0.497 e. The molecule has 6 nitrogen and oxygen atoms in total. The average molecular weight is 321 g/mol. The highest BCUT2D eigenvalue weighted by molar-refractivity contribution is 5.75. The van der Waals surface area contributed by atoms with Gasteiger partial charge < -0.3 is 19.1 Å². The summed E-state index contributed by atoms with van der Waals surface area (Å²) in [5.41, 5.74) is 0.883. The van der Waals surface area contributed by atoms with Crippen LogP contribution in [0.2, 0.25) is 0 Å². The molecule has 0 N–H and O–H groups in total. The number of amides is 1. The number of esters is 1. The van der Waals surface area contributed by atoms with Crippen molar-refractivity contribution in [2.75, 3.05) is 20.2 Å². The van der Waals surface area contributed by atoms with E-state index >= 15 is 0 Å². The van der Waals surface area contributed by atoms with Crippen LogP contribution in [-0.4, -0.2) is 43.3 Å². The predicted molar refractivity (Wildman–Crippen MR) is 84.1 cm³/mol. The van der Waals surface area contributed by atoms with Crippen molar-refractivity contribution in [3.63, 3.8) is 0 Å². The molecule has 1 saturated heterocycles. The molecule has 0 saturated carbocycles. The molecule has 0 radical (unpaired) electrons. The maximum atomic E-state index is 12.1. The Morgan fingerprint density at radius 3 is 2.57 bits per heavy atom. The standard InChI is InChI=1S/C17H23NO5/c1-12(2)23-16(19)14-8-9-18(10-14)17(20)22-11-13-4-6-15(21-3)7-5-13/h4-7,12,14H,8-11H2,1-3H3. The fourth-order valence-corrected chi connectivity index (χ4v) is 2.41. The van der Waals surface area contributed by atoms with Gasteiger partial charge in [0.05, 0.1) is 19.1 Å². The number of methoxy groups -OCH3 is 1. The lowest BCUT2D eigenvalue weighted by atomic mass is 10.1. The van der Waals surface area contributed by atoms with Gasteiger partial charge in [0, 0.05) is 13.1 Å². The normalized spacial score (nSPS) is 17.2. The average Bonchev–Trinajstić information content (AvgIpc) is 3.02. The molecule has 0 aliphatic carbocycles. The fourth-order valence-electron chi connectivity index (χ4n) is 2.41. The molecule has 23 heavy (non-hydrogen) atoms. The van der Waals surface area contributed by atoms with Crippen LogP contribution >= 0.6 is 0 Å². The Kier molecular flexibility index (Phi) is 5.84. The highest BCUT2D eigenvalue weighted by Gasteiger charge is 2.33. The van der Waals surface area contributed by atoms with Crippen molar-refractivity contribution in [2.45, 2.75) is 33.0 Å². The third kappa shape index (κ3) is 4.87. The molecule has 1 aromatic rings. The summed E-state index contributed by atoms with van der Waals surface area (Å²) in [6.45, 7) is 4.69. The number of hydrogen-bond acceptors (Lipinski definition) is 5. The van der Waals surface area contributed by atoms with E-state index in [0.29, 0.717) is 19.5 Å². The number of benzene rings is 1. The van der Waals surface area contributed by atoms with Gasteiger partial charge in [0.2, 0.25) is 0 Å². The quantitative estimate of drug-likeness (QED) is 0.780. The van der Waals surface area contributed by atoms with Crippen LogP contribution in [0.4, 0.5) is 4.79 Å². The Morgan fingerprint density at radius 1 is 1.26 bits per heavy atom. The number of rotatable bonds is 5. The molecule has 1 aliphatic rings. The topological polar surface area (TPSA) is 65.1 Å². The summed E-state index contributed by atoms with van der Waals surface area (Å²) in [6, 6.07) is 7.33. The highest BCUT2D eigenvalue weighted by Crippen LogP contribution is 2.20. The smallest absolute Gasteiger partial charge is 0.410 e. The van der Waals surface area contributed by atoms with E-state index in [-0.39, 0.29) is 24.6 Å². The number of carbonyl (C=O) groups is 2. The van der Waals surface area contributed by atoms with Gasteiger partial charge >= 0.3 is 12.1 Å². The maximum Gasteiger partial charge on any atom is 0.410 e. The van der Waals surface area contributed by atoms with Crippen molar-refractivity contribution in [1.82, 2.24) is 4.90 Å². The van der Waals surface area contributed by atoms with Crippen molar-refractivity contribution in [1.29, 1.82) is 0 Å². The van der Waals surface area contributed by atoms with E-state index in [2.05, 4.69) is 0 Å². The lowest BCUT2D eigenvalue weighted by Crippen LogP contribution is -2.31. The molecule has 0 aromatic heterocycles.